The van der Waals surface area contributed by atoms with Crippen molar-refractivity contribution in [2.24, 2.45) is 0 Å². The van der Waals surface area contributed by atoms with Crippen LogP contribution in [0.1, 0.15) is 5.76 Å². The van der Waals surface area contributed by atoms with Gasteiger partial charge in [-0.1, -0.05) is 27.5 Å². The summed E-state index contributed by atoms with van der Waals surface area (Å²) in [6.45, 7) is 0. The van der Waals surface area contributed by atoms with E-state index in [4.69, 9.17) is 20.8 Å². The normalized spacial score (nSPS) is 10.8. The van der Waals surface area contributed by atoms with Crippen LogP contribution < -0.4 is 4.74 Å². The third kappa shape index (κ3) is 3.48. The highest BCUT2D eigenvalue weighted by atomic mass is 79.9. The number of rotatable bonds is 3. The molecule has 1 aromatic heterocycles. The van der Waals surface area contributed by atoms with Gasteiger partial charge in [-0.2, -0.15) is 0 Å². The molecule has 0 radical (unpaired) electrons. The van der Waals surface area contributed by atoms with Crippen LogP contribution in [0.3, 0.4) is 0 Å². The van der Waals surface area contributed by atoms with E-state index in [1.165, 1.54) is 18.4 Å². The Morgan fingerprint density at radius 3 is 2.89 bits per heavy atom. The van der Waals surface area contributed by atoms with Gasteiger partial charge in [0, 0.05) is 10.5 Å². The monoisotopic (exact) mass is 326 g/mol. The van der Waals surface area contributed by atoms with Crippen LogP contribution in [0.2, 0.25) is 5.02 Å². The van der Waals surface area contributed by atoms with Crippen LogP contribution in [0.15, 0.2) is 51.6 Å². The minimum Gasteiger partial charge on any atom is -0.465 e. The maximum atomic E-state index is 11.5. The van der Waals surface area contributed by atoms with Gasteiger partial charge in [-0.25, -0.2) is 4.79 Å². The summed E-state index contributed by atoms with van der Waals surface area (Å²) < 4.78 is 10.9. The average molecular weight is 328 g/mol. The number of hydrogen-bond acceptors (Lipinski definition) is 3. The second kappa shape index (κ2) is 5.89. The number of ether oxygens (including phenoxy) is 1. The smallest absolute Gasteiger partial charge is 0.336 e. The van der Waals surface area contributed by atoms with Crippen LogP contribution in [0.4, 0.5) is 0 Å². The molecule has 5 heteroatoms. The van der Waals surface area contributed by atoms with E-state index < -0.39 is 5.97 Å². The molecular formula is C13H8BrClO3. The van der Waals surface area contributed by atoms with Crippen LogP contribution in [0.25, 0.3) is 6.08 Å². The molecule has 2 rings (SSSR count). The molecule has 0 aliphatic rings. The summed E-state index contributed by atoms with van der Waals surface area (Å²) in [4.78, 5) is 11.5. The summed E-state index contributed by atoms with van der Waals surface area (Å²) in [5, 5.41) is 0.365. The molecule has 1 aromatic carbocycles. The van der Waals surface area contributed by atoms with E-state index in [2.05, 4.69) is 15.9 Å². The molecule has 0 unspecified atom stereocenters. The highest BCUT2D eigenvalue weighted by Crippen LogP contribution is 2.27. The van der Waals surface area contributed by atoms with Crippen molar-refractivity contribution in [3.05, 3.63) is 57.9 Å². The van der Waals surface area contributed by atoms with Crippen molar-refractivity contribution in [2.75, 3.05) is 0 Å². The highest BCUT2D eigenvalue weighted by Gasteiger charge is 2.06. The first-order valence-corrected chi connectivity index (χ1v) is 6.21. The fourth-order valence-electron chi connectivity index (χ4n) is 1.24. The molecule has 0 aliphatic carbocycles. The third-order valence-electron chi connectivity index (χ3n) is 2.03. The summed E-state index contributed by atoms with van der Waals surface area (Å²) in [6, 6.07) is 8.48. The molecule has 2 aromatic rings. The summed E-state index contributed by atoms with van der Waals surface area (Å²) >= 11 is 9.19. The molecule has 1 heterocycles. The van der Waals surface area contributed by atoms with E-state index in [0.29, 0.717) is 16.5 Å². The summed E-state index contributed by atoms with van der Waals surface area (Å²) in [6.07, 6.45) is 4.32. The Morgan fingerprint density at radius 1 is 1.39 bits per heavy atom. The molecule has 0 atom stereocenters. The van der Waals surface area contributed by atoms with Gasteiger partial charge in [-0.3, -0.25) is 0 Å². The highest BCUT2D eigenvalue weighted by molar-refractivity contribution is 9.10. The Hall–Kier alpha value is -1.52. The van der Waals surface area contributed by atoms with Crippen LogP contribution in [-0.2, 0) is 4.79 Å². The van der Waals surface area contributed by atoms with Gasteiger partial charge in [0.1, 0.15) is 11.5 Å². The molecule has 18 heavy (non-hydrogen) atoms. The van der Waals surface area contributed by atoms with Crippen molar-refractivity contribution in [1.82, 2.24) is 0 Å². The number of carbonyl (C=O) groups is 1. The second-order valence-electron chi connectivity index (χ2n) is 3.34. The van der Waals surface area contributed by atoms with E-state index in [-0.39, 0.29) is 0 Å². The first-order chi connectivity index (χ1) is 8.65. The standard InChI is InChI=1S/C13H8BrClO3/c14-9-3-5-12(11(15)8-9)18-13(16)6-4-10-2-1-7-17-10/h1-8H/b6-4+. The van der Waals surface area contributed by atoms with Gasteiger partial charge in [0.05, 0.1) is 11.3 Å². The van der Waals surface area contributed by atoms with Crippen molar-refractivity contribution < 1.29 is 13.9 Å². The first-order valence-electron chi connectivity index (χ1n) is 5.03. The minimum atomic E-state index is -0.518. The average Bonchev–Trinajstić information content (AvgIpc) is 2.83. The molecule has 0 fully saturated rings. The zero-order valence-electron chi connectivity index (χ0n) is 9.10. The number of halogens is 2. The molecule has 0 amide bonds. The SMILES string of the molecule is O=C(/C=C/c1ccco1)Oc1ccc(Br)cc1Cl. The number of esters is 1. The van der Waals surface area contributed by atoms with Crippen LogP contribution in [0, 0.1) is 0 Å². The molecule has 0 saturated carbocycles. The van der Waals surface area contributed by atoms with Gasteiger partial charge >= 0.3 is 5.97 Å². The zero-order chi connectivity index (χ0) is 13.0. The van der Waals surface area contributed by atoms with Crippen LogP contribution >= 0.6 is 27.5 Å². The van der Waals surface area contributed by atoms with Gasteiger partial charge in [-0.05, 0) is 36.4 Å². The minimum absolute atomic E-state index is 0.314. The van der Waals surface area contributed by atoms with Crippen molar-refractivity contribution in [3.8, 4) is 5.75 Å². The fraction of sp³-hybridized carbons (Fsp3) is 0. The summed E-state index contributed by atoms with van der Waals surface area (Å²) in [5.41, 5.74) is 0. The van der Waals surface area contributed by atoms with Crippen LogP contribution in [-0.4, -0.2) is 5.97 Å². The predicted molar refractivity (Wildman–Crippen MR) is 72.5 cm³/mol. The van der Waals surface area contributed by atoms with Gasteiger partial charge in [0.2, 0.25) is 0 Å². The van der Waals surface area contributed by atoms with Crippen molar-refractivity contribution >= 4 is 39.6 Å². The largest absolute Gasteiger partial charge is 0.465 e. The molecule has 3 nitrogen and oxygen atoms in total. The lowest BCUT2D eigenvalue weighted by Crippen LogP contribution is -2.03. The third-order valence-corrected chi connectivity index (χ3v) is 2.82. The topological polar surface area (TPSA) is 39.4 Å². The van der Waals surface area contributed by atoms with Crippen molar-refractivity contribution in [1.29, 1.82) is 0 Å². The van der Waals surface area contributed by atoms with E-state index >= 15 is 0 Å². The predicted octanol–water partition coefficient (Wildman–Crippen LogP) is 4.31. The maximum absolute atomic E-state index is 11.5. The van der Waals surface area contributed by atoms with E-state index in [1.54, 1.807) is 30.3 Å². The summed E-state index contributed by atoms with van der Waals surface area (Å²) in [5.74, 6) is 0.374. The Bertz CT molecular complexity index is 576. The second-order valence-corrected chi connectivity index (χ2v) is 4.67. The summed E-state index contributed by atoms with van der Waals surface area (Å²) in [7, 11) is 0. The van der Waals surface area contributed by atoms with Gasteiger partial charge in [-0.15, -0.1) is 0 Å². The molecule has 0 bridgehead atoms. The number of hydrogen-bond donors (Lipinski definition) is 0. The molecule has 0 spiro atoms. The molecule has 0 aliphatic heterocycles. The Balaban J connectivity index is 2.03. The van der Waals surface area contributed by atoms with Crippen molar-refractivity contribution in [3.63, 3.8) is 0 Å². The Labute approximate surface area is 117 Å². The van der Waals surface area contributed by atoms with Gasteiger partial charge in [0.15, 0.2) is 0 Å². The van der Waals surface area contributed by atoms with Crippen LogP contribution in [0.5, 0.6) is 5.75 Å². The maximum Gasteiger partial charge on any atom is 0.336 e. The van der Waals surface area contributed by atoms with Gasteiger partial charge in [0.25, 0.3) is 0 Å². The zero-order valence-corrected chi connectivity index (χ0v) is 11.4. The van der Waals surface area contributed by atoms with E-state index in [0.717, 1.165) is 4.47 Å². The first kappa shape index (κ1) is 12.9. The lowest BCUT2D eigenvalue weighted by molar-refractivity contribution is -0.128. The van der Waals surface area contributed by atoms with E-state index in [9.17, 15) is 4.79 Å². The number of furan rings is 1. The quantitative estimate of drug-likeness (QED) is 0.479. The molecule has 0 saturated heterocycles. The molecule has 92 valence electrons. The number of benzene rings is 1. The van der Waals surface area contributed by atoms with E-state index in [1.807, 2.05) is 0 Å². The Kier molecular flexibility index (Phi) is 4.23. The lowest BCUT2D eigenvalue weighted by atomic mass is 10.3. The lowest BCUT2D eigenvalue weighted by Gasteiger charge is -2.03. The molecular weight excluding hydrogens is 319 g/mol. The number of carbonyl (C=O) groups excluding carboxylic acids is 1. The fourth-order valence-corrected chi connectivity index (χ4v) is 1.95. The Morgan fingerprint density at radius 2 is 2.22 bits per heavy atom. The van der Waals surface area contributed by atoms with Gasteiger partial charge < -0.3 is 9.15 Å². The van der Waals surface area contributed by atoms with Crippen molar-refractivity contribution in [2.45, 2.75) is 0 Å². The molecule has 0 N–H and O–H groups in total.